The standard InChI is InChI=1S/C22H24N4O3/c1-26(2)17-7-5-15(6-8-17)25-22(27)20-13-16(11-12-23-20)24-19-14-18(28-3)9-10-21(19)29-4/h5-14H,1-4H3,(H,23,24)(H,25,27). The molecule has 2 N–H and O–H groups in total. The minimum atomic E-state index is -0.288. The van der Waals surface area contributed by atoms with Crippen molar-refractivity contribution in [2.24, 2.45) is 0 Å². The van der Waals surface area contributed by atoms with Crippen molar-refractivity contribution in [3.8, 4) is 11.5 Å². The molecule has 1 amide bonds. The molecule has 7 heteroatoms. The van der Waals surface area contributed by atoms with E-state index in [1.54, 1.807) is 32.5 Å². The van der Waals surface area contributed by atoms with Crippen LogP contribution in [-0.4, -0.2) is 39.2 Å². The van der Waals surface area contributed by atoms with E-state index in [1.807, 2.05) is 61.5 Å². The van der Waals surface area contributed by atoms with Crippen LogP contribution in [0, 0.1) is 0 Å². The smallest absolute Gasteiger partial charge is 0.274 e. The van der Waals surface area contributed by atoms with Gasteiger partial charge in [-0.1, -0.05) is 0 Å². The van der Waals surface area contributed by atoms with Gasteiger partial charge in [-0.2, -0.15) is 0 Å². The number of methoxy groups -OCH3 is 2. The van der Waals surface area contributed by atoms with E-state index in [0.29, 0.717) is 28.6 Å². The van der Waals surface area contributed by atoms with Crippen molar-refractivity contribution < 1.29 is 14.3 Å². The molecule has 7 nitrogen and oxygen atoms in total. The molecule has 0 spiro atoms. The van der Waals surface area contributed by atoms with Crippen LogP contribution in [0.3, 0.4) is 0 Å². The van der Waals surface area contributed by atoms with Gasteiger partial charge in [-0.15, -0.1) is 0 Å². The van der Waals surface area contributed by atoms with Crippen LogP contribution < -0.4 is 25.0 Å². The third-order valence-electron chi connectivity index (χ3n) is 4.32. The maximum Gasteiger partial charge on any atom is 0.274 e. The molecule has 3 rings (SSSR count). The van der Waals surface area contributed by atoms with Crippen LogP contribution in [0.25, 0.3) is 0 Å². The predicted octanol–water partition coefficient (Wildman–Crippen LogP) is 4.16. The zero-order valence-electron chi connectivity index (χ0n) is 16.9. The number of nitrogens with zero attached hydrogens (tertiary/aromatic N) is 2. The summed E-state index contributed by atoms with van der Waals surface area (Å²) < 4.78 is 10.7. The number of pyridine rings is 1. The molecule has 0 aliphatic rings. The van der Waals surface area contributed by atoms with E-state index in [2.05, 4.69) is 15.6 Å². The molecule has 1 heterocycles. The van der Waals surface area contributed by atoms with Crippen molar-refractivity contribution in [2.45, 2.75) is 0 Å². The first kappa shape index (κ1) is 20.0. The molecule has 0 aliphatic heterocycles. The summed E-state index contributed by atoms with van der Waals surface area (Å²) in [5.74, 6) is 1.07. The second kappa shape index (κ2) is 8.97. The van der Waals surface area contributed by atoms with Crippen molar-refractivity contribution >= 4 is 28.7 Å². The number of hydrogen-bond donors (Lipinski definition) is 2. The van der Waals surface area contributed by atoms with Crippen LogP contribution in [0.1, 0.15) is 10.5 Å². The van der Waals surface area contributed by atoms with Gasteiger partial charge in [0.15, 0.2) is 0 Å². The number of ether oxygens (including phenoxy) is 2. The van der Waals surface area contributed by atoms with E-state index in [-0.39, 0.29) is 5.91 Å². The highest BCUT2D eigenvalue weighted by atomic mass is 16.5. The highest BCUT2D eigenvalue weighted by Crippen LogP contribution is 2.31. The largest absolute Gasteiger partial charge is 0.497 e. The fraction of sp³-hybridized carbons (Fsp3) is 0.182. The second-order valence-corrected chi connectivity index (χ2v) is 6.52. The summed E-state index contributed by atoms with van der Waals surface area (Å²) in [4.78, 5) is 18.8. The van der Waals surface area contributed by atoms with E-state index in [0.717, 1.165) is 11.4 Å². The summed E-state index contributed by atoms with van der Waals surface area (Å²) in [6.07, 6.45) is 1.58. The summed E-state index contributed by atoms with van der Waals surface area (Å²) in [5, 5.41) is 6.11. The quantitative estimate of drug-likeness (QED) is 0.629. The Morgan fingerprint density at radius 1 is 0.931 bits per heavy atom. The number of amides is 1. The van der Waals surface area contributed by atoms with Gasteiger partial charge in [0.1, 0.15) is 17.2 Å². The molecule has 2 aromatic carbocycles. The average Bonchev–Trinajstić information content (AvgIpc) is 2.74. The lowest BCUT2D eigenvalue weighted by Crippen LogP contribution is -2.14. The van der Waals surface area contributed by atoms with Crippen LogP contribution in [0.4, 0.5) is 22.7 Å². The lowest BCUT2D eigenvalue weighted by molar-refractivity contribution is 0.102. The topological polar surface area (TPSA) is 75.7 Å². The fourth-order valence-electron chi connectivity index (χ4n) is 2.74. The number of hydrogen-bond acceptors (Lipinski definition) is 6. The summed E-state index contributed by atoms with van der Waals surface area (Å²) in [6.45, 7) is 0. The summed E-state index contributed by atoms with van der Waals surface area (Å²) in [7, 11) is 7.13. The van der Waals surface area contributed by atoms with Gasteiger partial charge in [0.05, 0.1) is 19.9 Å². The van der Waals surface area contributed by atoms with Gasteiger partial charge in [-0.3, -0.25) is 9.78 Å². The molecule has 150 valence electrons. The maximum absolute atomic E-state index is 12.6. The van der Waals surface area contributed by atoms with Gasteiger partial charge in [0.25, 0.3) is 5.91 Å². The van der Waals surface area contributed by atoms with Crippen LogP contribution >= 0.6 is 0 Å². The number of anilines is 4. The Morgan fingerprint density at radius 2 is 1.69 bits per heavy atom. The number of carbonyl (C=O) groups excluding carboxylic acids is 1. The predicted molar refractivity (Wildman–Crippen MR) is 116 cm³/mol. The molecule has 0 aliphatic carbocycles. The van der Waals surface area contributed by atoms with Crippen molar-refractivity contribution in [1.82, 2.24) is 4.98 Å². The third-order valence-corrected chi connectivity index (χ3v) is 4.32. The number of carbonyl (C=O) groups is 1. The third kappa shape index (κ3) is 4.95. The Kier molecular flexibility index (Phi) is 6.19. The van der Waals surface area contributed by atoms with Gasteiger partial charge >= 0.3 is 0 Å². The van der Waals surface area contributed by atoms with E-state index < -0.39 is 0 Å². The number of rotatable bonds is 7. The fourth-order valence-corrected chi connectivity index (χ4v) is 2.74. The van der Waals surface area contributed by atoms with E-state index >= 15 is 0 Å². The lowest BCUT2D eigenvalue weighted by Gasteiger charge is -2.14. The van der Waals surface area contributed by atoms with Gasteiger partial charge in [-0.05, 0) is 48.5 Å². The Hall–Kier alpha value is -3.74. The molecule has 0 saturated heterocycles. The van der Waals surface area contributed by atoms with E-state index in [4.69, 9.17) is 9.47 Å². The Balaban J connectivity index is 1.76. The van der Waals surface area contributed by atoms with E-state index in [1.165, 1.54) is 0 Å². The van der Waals surface area contributed by atoms with Crippen molar-refractivity contribution in [2.75, 3.05) is 43.8 Å². The Morgan fingerprint density at radius 3 is 2.34 bits per heavy atom. The first-order valence-electron chi connectivity index (χ1n) is 9.04. The summed E-state index contributed by atoms with van der Waals surface area (Å²) in [6, 6.07) is 16.5. The lowest BCUT2D eigenvalue weighted by atomic mass is 10.2. The molecule has 29 heavy (non-hydrogen) atoms. The molecule has 0 atom stereocenters. The van der Waals surface area contributed by atoms with Crippen molar-refractivity contribution in [3.05, 3.63) is 66.5 Å². The zero-order chi connectivity index (χ0) is 20.8. The first-order chi connectivity index (χ1) is 14.0. The minimum absolute atomic E-state index is 0.288. The SMILES string of the molecule is COc1ccc(OC)c(Nc2ccnc(C(=O)Nc3ccc(N(C)C)cc3)c2)c1. The minimum Gasteiger partial charge on any atom is -0.497 e. The summed E-state index contributed by atoms with van der Waals surface area (Å²) in [5.41, 5.74) is 3.49. The van der Waals surface area contributed by atoms with Crippen LogP contribution in [-0.2, 0) is 0 Å². The molecular formula is C22H24N4O3. The number of nitrogens with one attached hydrogen (secondary N) is 2. The summed E-state index contributed by atoms with van der Waals surface area (Å²) >= 11 is 0. The van der Waals surface area contributed by atoms with Gasteiger partial charge in [-0.25, -0.2) is 0 Å². The van der Waals surface area contributed by atoms with Crippen LogP contribution in [0.2, 0.25) is 0 Å². The van der Waals surface area contributed by atoms with Crippen LogP contribution in [0.15, 0.2) is 60.8 Å². The maximum atomic E-state index is 12.6. The molecule has 0 fully saturated rings. The molecule has 1 aromatic heterocycles. The highest BCUT2D eigenvalue weighted by Gasteiger charge is 2.11. The molecule has 0 bridgehead atoms. The highest BCUT2D eigenvalue weighted by molar-refractivity contribution is 6.03. The normalized spacial score (nSPS) is 10.2. The first-order valence-corrected chi connectivity index (χ1v) is 9.04. The monoisotopic (exact) mass is 392 g/mol. The van der Waals surface area contributed by atoms with Gasteiger partial charge < -0.3 is 25.0 Å². The van der Waals surface area contributed by atoms with Gasteiger partial charge in [0.2, 0.25) is 0 Å². The molecular weight excluding hydrogens is 368 g/mol. The molecule has 0 saturated carbocycles. The van der Waals surface area contributed by atoms with Crippen molar-refractivity contribution in [1.29, 1.82) is 0 Å². The number of benzene rings is 2. The van der Waals surface area contributed by atoms with E-state index in [9.17, 15) is 4.79 Å². The zero-order valence-corrected chi connectivity index (χ0v) is 16.9. The van der Waals surface area contributed by atoms with Crippen LogP contribution in [0.5, 0.6) is 11.5 Å². The average molecular weight is 392 g/mol. The van der Waals surface area contributed by atoms with Gasteiger partial charge in [0, 0.05) is 43.4 Å². The molecule has 0 radical (unpaired) electrons. The second-order valence-electron chi connectivity index (χ2n) is 6.52. The Bertz CT molecular complexity index is 988. The Labute approximate surface area is 170 Å². The number of aromatic nitrogens is 1. The molecule has 3 aromatic rings. The molecule has 0 unspecified atom stereocenters. The van der Waals surface area contributed by atoms with Crippen molar-refractivity contribution in [3.63, 3.8) is 0 Å².